The van der Waals surface area contributed by atoms with E-state index >= 15 is 0 Å². The summed E-state index contributed by atoms with van der Waals surface area (Å²) in [5, 5.41) is 0. The van der Waals surface area contributed by atoms with Gasteiger partial charge in [0.1, 0.15) is 18.1 Å². The summed E-state index contributed by atoms with van der Waals surface area (Å²) in [6.45, 7) is 2.70. The van der Waals surface area contributed by atoms with Crippen LogP contribution in [0.4, 0.5) is 0 Å². The van der Waals surface area contributed by atoms with E-state index in [1.807, 2.05) is 31.2 Å². The molecule has 0 saturated carbocycles. The van der Waals surface area contributed by atoms with Crippen molar-refractivity contribution < 1.29 is 23.7 Å². The van der Waals surface area contributed by atoms with Crippen LogP contribution in [0.2, 0.25) is 0 Å². The summed E-state index contributed by atoms with van der Waals surface area (Å²) in [6, 6.07) is 10.8. The van der Waals surface area contributed by atoms with E-state index in [2.05, 4.69) is 0 Å². The van der Waals surface area contributed by atoms with Crippen molar-refractivity contribution in [3.8, 4) is 23.0 Å². The van der Waals surface area contributed by atoms with E-state index in [4.69, 9.17) is 18.9 Å². The predicted molar refractivity (Wildman–Crippen MR) is 95.0 cm³/mol. The molecule has 2 aromatic rings. The van der Waals surface area contributed by atoms with E-state index < -0.39 is 0 Å². The molecule has 1 aliphatic heterocycles. The van der Waals surface area contributed by atoms with Gasteiger partial charge in [-0.3, -0.25) is 4.79 Å². The highest BCUT2D eigenvalue weighted by Gasteiger charge is 2.24. The van der Waals surface area contributed by atoms with Gasteiger partial charge in [-0.05, 0) is 48.9 Å². The minimum atomic E-state index is -0.0620. The molecule has 5 heteroatoms. The number of Topliss-reactive ketones (excluding diaryl/α,β-unsaturated/α-hetero) is 1. The smallest absolute Gasteiger partial charge is 0.196 e. The summed E-state index contributed by atoms with van der Waals surface area (Å²) in [7, 11) is 3.16. The summed E-state index contributed by atoms with van der Waals surface area (Å²) < 4.78 is 21.8. The predicted octanol–water partition coefficient (Wildman–Crippen LogP) is 3.76. The Labute approximate surface area is 146 Å². The number of benzene rings is 2. The molecule has 0 N–H and O–H groups in total. The first-order valence-electron chi connectivity index (χ1n) is 8.03. The first-order valence-corrected chi connectivity index (χ1v) is 8.03. The maximum absolute atomic E-state index is 12.8. The Bertz CT molecular complexity index is 823. The average molecular weight is 340 g/mol. The van der Waals surface area contributed by atoms with Gasteiger partial charge in [-0.25, -0.2) is 0 Å². The highest BCUT2D eigenvalue weighted by molar-refractivity contribution is 6.14. The summed E-state index contributed by atoms with van der Waals surface area (Å²) in [5.74, 6) is 2.44. The number of carbonyl (C=O) groups excluding carboxylic acids is 1. The van der Waals surface area contributed by atoms with Gasteiger partial charge in [0.2, 0.25) is 0 Å². The maximum atomic E-state index is 12.8. The fourth-order valence-corrected chi connectivity index (χ4v) is 2.69. The van der Waals surface area contributed by atoms with Crippen LogP contribution in [-0.2, 0) is 0 Å². The molecule has 0 aromatic heterocycles. The monoisotopic (exact) mass is 340 g/mol. The van der Waals surface area contributed by atoms with Crippen LogP contribution in [-0.4, -0.2) is 33.2 Å². The second-order valence-corrected chi connectivity index (χ2v) is 5.49. The lowest BCUT2D eigenvalue weighted by atomic mass is 9.98. The van der Waals surface area contributed by atoms with Crippen LogP contribution < -0.4 is 18.9 Å². The van der Waals surface area contributed by atoms with Gasteiger partial charge in [-0.2, -0.15) is 0 Å². The molecule has 0 aliphatic carbocycles. The number of methoxy groups -OCH3 is 2. The Morgan fingerprint density at radius 2 is 1.92 bits per heavy atom. The molecular weight excluding hydrogens is 320 g/mol. The zero-order valence-electron chi connectivity index (χ0n) is 14.5. The van der Waals surface area contributed by atoms with Crippen LogP contribution in [0, 0.1) is 0 Å². The molecule has 5 nitrogen and oxygen atoms in total. The number of carbonyl (C=O) groups is 1. The van der Waals surface area contributed by atoms with E-state index in [1.54, 1.807) is 32.4 Å². The van der Waals surface area contributed by atoms with Crippen molar-refractivity contribution in [2.24, 2.45) is 0 Å². The van der Waals surface area contributed by atoms with E-state index in [9.17, 15) is 4.79 Å². The third-order valence-electron chi connectivity index (χ3n) is 3.93. The standard InChI is InChI=1S/C20H20O5/c1-4-24-18-7-5-13(10-19(18)23-3)9-14-12-25-17-8-6-15(22-2)11-16(17)20(14)21/h5-11H,4,12H2,1-3H3/b14-9-. The van der Waals surface area contributed by atoms with Crippen molar-refractivity contribution in [1.82, 2.24) is 0 Å². The lowest BCUT2D eigenvalue weighted by Gasteiger charge is -2.19. The summed E-state index contributed by atoms with van der Waals surface area (Å²) in [4.78, 5) is 12.8. The number of ketones is 1. The number of fused-ring (bicyclic) bond motifs is 1. The molecule has 1 heterocycles. The Morgan fingerprint density at radius 3 is 2.64 bits per heavy atom. The zero-order valence-corrected chi connectivity index (χ0v) is 14.5. The summed E-state index contributed by atoms with van der Waals surface area (Å²) in [5.41, 5.74) is 1.93. The second-order valence-electron chi connectivity index (χ2n) is 5.49. The molecule has 0 atom stereocenters. The lowest BCUT2D eigenvalue weighted by Crippen LogP contribution is -2.19. The third-order valence-corrected chi connectivity index (χ3v) is 3.93. The number of hydrogen-bond acceptors (Lipinski definition) is 5. The van der Waals surface area contributed by atoms with Crippen LogP contribution in [0.25, 0.3) is 6.08 Å². The lowest BCUT2D eigenvalue weighted by molar-refractivity contribution is 0.100. The van der Waals surface area contributed by atoms with Gasteiger partial charge in [0.05, 0.1) is 26.4 Å². The third kappa shape index (κ3) is 3.45. The molecule has 0 spiro atoms. The Morgan fingerprint density at radius 1 is 1.08 bits per heavy atom. The van der Waals surface area contributed by atoms with Crippen molar-refractivity contribution in [2.45, 2.75) is 6.92 Å². The first kappa shape index (κ1) is 16.9. The molecule has 25 heavy (non-hydrogen) atoms. The SMILES string of the molecule is CCOc1ccc(/C=C2/COc3ccc(OC)cc3C2=O)cc1OC. The Balaban J connectivity index is 1.93. The van der Waals surface area contributed by atoms with Crippen molar-refractivity contribution in [3.05, 3.63) is 53.1 Å². The number of ether oxygens (including phenoxy) is 4. The Kier molecular flexibility index (Phi) is 4.93. The van der Waals surface area contributed by atoms with E-state index in [-0.39, 0.29) is 12.4 Å². The molecule has 3 rings (SSSR count). The van der Waals surface area contributed by atoms with Gasteiger partial charge in [0.15, 0.2) is 17.3 Å². The quantitative estimate of drug-likeness (QED) is 0.776. The number of hydrogen-bond donors (Lipinski definition) is 0. The summed E-state index contributed by atoms with van der Waals surface area (Å²) in [6.07, 6.45) is 1.81. The molecule has 0 saturated heterocycles. The fraction of sp³-hybridized carbons (Fsp3) is 0.250. The van der Waals surface area contributed by atoms with Crippen LogP contribution >= 0.6 is 0 Å². The molecule has 130 valence electrons. The highest BCUT2D eigenvalue weighted by atomic mass is 16.5. The second kappa shape index (κ2) is 7.30. The van der Waals surface area contributed by atoms with Crippen molar-refractivity contribution in [2.75, 3.05) is 27.4 Å². The van der Waals surface area contributed by atoms with Crippen molar-refractivity contribution in [3.63, 3.8) is 0 Å². The van der Waals surface area contributed by atoms with Crippen molar-refractivity contribution >= 4 is 11.9 Å². The normalized spacial score (nSPS) is 14.7. The molecule has 0 fully saturated rings. The molecule has 0 radical (unpaired) electrons. The molecular formula is C20H20O5. The topological polar surface area (TPSA) is 54.0 Å². The van der Waals surface area contributed by atoms with Gasteiger partial charge in [-0.1, -0.05) is 6.07 Å². The molecule has 1 aliphatic rings. The Hall–Kier alpha value is -2.95. The van der Waals surface area contributed by atoms with E-state index in [0.29, 0.717) is 40.7 Å². The van der Waals surface area contributed by atoms with Crippen LogP contribution in [0.3, 0.4) is 0 Å². The van der Waals surface area contributed by atoms with E-state index in [1.165, 1.54) is 0 Å². The minimum absolute atomic E-state index is 0.0620. The van der Waals surface area contributed by atoms with Gasteiger partial charge in [-0.15, -0.1) is 0 Å². The summed E-state index contributed by atoms with van der Waals surface area (Å²) >= 11 is 0. The van der Waals surface area contributed by atoms with Crippen LogP contribution in [0.5, 0.6) is 23.0 Å². The molecule has 0 unspecified atom stereocenters. The maximum Gasteiger partial charge on any atom is 0.196 e. The largest absolute Gasteiger partial charge is 0.497 e. The number of rotatable bonds is 5. The molecule has 2 aromatic carbocycles. The highest BCUT2D eigenvalue weighted by Crippen LogP contribution is 2.33. The minimum Gasteiger partial charge on any atom is -0.497 e. The van der Waals surface area contributed by atoms with Gasteiger partial charge >= 0.3 is 0 Å². The zero-order chi connectivity index (χ0) is 17.8. The molecule has 0 bridgehead atoms. The van der Waals surface area contributed by atoms with Crippen LogP contribution in [0.1, 0.15) is 22.8 Å². The average Bonchev–Trinajstić information content (AvgIpc) is 2.65. The van der Waals surface area contributed by atoms with Crippen molar-refractivity contribution in [1.29, 1.82) is 0 Å². The van der Waals surface area contributed by atoms with E-state index in [0.717, 1.165) is 5.56 Å². The van der Waals surface area contributed by atoms with Crippen LogP contribution in [0.15, 0.2) is 42.0 Å². The first-order chi connectivity index (χ1) is 12.2. The van der Waals surface area contributed by atoms with Gasteiger partial charge in [0, 0.05) is 5.57 Å². The van der Waals surface area contributed by atoms with Gasteiger partial charge in [0.25, 0.3) is 0 Å². The fourth-order valence-electron chi connectivity index (χ4n) is 2.69. The molecule has 0 amide bonds. The van der Waals surface area contributed by atoms with Gasteiger partial charge < -0.3 is 18.9 Å².